The Morgan fingerprint density at radius 1 is 0.360 bits per heavy atom. The zero-order valence-electron chi connectivity index (χ0n) is 28.3. The topological polar surface area (TPSA) is 3.24 Å². The number of fused-ring (bicyclic) bond motifs is 2. The molecule has 0 unspecified atom stereocenters. The molecule has 0 saturated carbocycles. The smallest absolute Gasteiger partial charge is 0.0462 e. The highest BCUT2D eigenvalue weighted by atomic mass is 15.1. The van der Waals surface area contributed by atoms with Gasteiger partial charge in [0, 0.05) is 22.5 Å². The molecule has 8 aromatic carbocycles. The summed E-state index contributed by atoms with van der Waals surface area (Å²) >= 11 is 0. The van der Waals surface area contributed by atoms with Crippen LogP contribution in [0.25, 0.3) is 55.3 Å². The second kappa shape index (κ2) is 12.1. The Balaban J connectivity index is 1.09. The predicted octanol–water partition coefficient (Wildman–Crippen LogP) is 13.6. The molecule has 0 aromatic heterocycles. The van der Waals surface area contributed by atoms with Crippen molar-refractivity contribution in [3.8, 4) is 44.5 Å². The van der Waals surface area contributed by atoms with E-state index in [2.05, 4.69) is 207 Å². The lowest BCUT2D eigenvalue weighted by molar-refractivity contribution is 0.645. The van der Waals surface area contributed by atoms with Gasteiger partial charge < -0.3 is 4.90 Å². The van der Waals surface area contributed by atoms with Gasteiger partial charge in [-0.05, 0) is 109 Å². The highest BCUT2D eigenvalue weighted by Crippen LogP contribution is 2.52. The van der Waals surface area contributed by atoms with Crippen molar-refractivity contribution in [2.75, 3.05) is 4.90 Å². The predicted molar refractivity (Wildman–Crippen MR) is 213 cm³/mol. The molecule has 1 nitrogen and oxygen atoms in total. The van der Waals surface area contributed by atoms with E-state index >= 15 is 0 Å². The fourth-order valence-electron chi connectivity index (χ4n) is 7.92. The third-order valence-corrected chi connectivity index (χ3v) is 10.5. The summed E-state index contributed by atoms with van der Waals surface area (Å²) in [6.45, 7) is 4.74. The summed E-state index contributed by atoms with van der Waals surface area (Å²) in [5, 5.41) is 2.67. The van der Waals surface area contributed by atoms with Gasteiger partial charge in [-0.2, -0.15) is 0 Å². The molecule has 0 fully saturated rings. The fraction of sp³-hybridized carbons (Fsp3) is 0.0612. The molecule has 0 bridgehead atoms. The average Bonchev–Trinajstić information content (AvgIpc) is 3.18. The third-order valence-electron chi connectivity index (χ3n) is 10.5. The van der Waals surface area contributed by atoms with Gasteiger partial charge in [-0.3, -0.25) is 0 Å². The van der Waals surface area contributed by atoms with Crippen LogP contribution in [0.1, 0.15) is 25.0 Å². The molecule has 238 valence electrons. The third kappa shape index (κ3) is 5.02. The molecule has 50 heavy (non-hydrogen) atoms. The van der Waals surface area contributed by atoms with Crippen LogP contribution in [0.4, 0.5) is 17.1 Å². The van der Waals surface area contributed by atoms with Crippen LogP contribution >= 0.6 is 0 Å². The van der Waals surface area contributed by atoms with E-state index in [4.69, 9.17) is 0 Å². The molecule has 0 aliphatic heterocycles. The van der Waals surface area contributed by atoms with Crippen molar-refractivity contribution in [1.29, 1.82) is 0 Å². The molecule has 1 heteroatoms. The van der Waals surface area contributed by atoms with Crippen molar-refractivity contribution < 1.29 is 0 Å². The van der Waals surface area contributed by atoms with E-state index in [0.717, 1.165) is 17.1 Å². The average molecular weight is 640 g/mol. The van der Waals surface area contributed by atoms with E-state index < -0.39 is 0 Å². The lowest BCUT2D eigenvalue weighted by Gasteiger charge is -2.36. The summed E-state index contributed by atoms with van der Waals surface area (Å²) in [4.78, 5) is 2.30. The van der Waals surface area contributed by atoms with E-state index in [1.54, 1.807) is 0 Å². The lowest BCUT2D eigenvalue weighted by atomic mass is 9.67. The van der Waals surface area contributed by atoms with Crippen LogP contribution in [0.15, 0.2) is 188 Å². The molecule has 0 radical (unpaired) electrons. The summed E-state index contributed by atoms with van der Waals surface area (Å²) in [6.07, 6.45) is 0. The van der Waals surface area contributed by atoms with Gasteiger partial charge in [0.05, 0.1) is 0 Å². The summed E-state index contributed by atoms with van der Waals surface area (Å²) in [5.74, 6) is 0. The van der Waals surface area contributed by atoms with Crippen molar-refractivity contribution >= 4 is 27.8 Å². The number of benzene rings is 8. The fourth-order valence-corrected chi connectivity index (χ4v) is 7.92. The van der Waals surface area contributed by atoms with E-state index in [0.29, 0.717) is 0 Å². The molecule has 9 rings (SSSR count). The van der Waals surface area contributed by atoms with Crippen molar-refractivity contribution in [3.05, 3.63) is 199 Å². The molecule has 0 heterocycles. The Labute approximate surface area is 294 Å². The van der Waals surface area contributed by atoms with Crippen LogP contribution in [0.5, 0.6) is 0 Å². The van der Waals surface area contributed by atoms with Gasteiger partial charge in [-0.25, -0.2) is 0 Å². The van der Waals surface area contributed by atoms with Crippen molar-refractivity contribution in [2.24, 2.45) is 0 Å². The first-order chi connectivity index (χ1) is 24.6. The van der Waals surface area contributed by atoms with Gasteiger partial charge in [0.1, 0.15) is 0 Å². The maximum absolute atomic E-state index is 2.43. The first-order valence-corrected chi connectivity index (χ1v) is 17.4. The molecule has 0 N–H and O–H groups in total. The van der Waals surface area contributed by atoms with Gasteiger partial charge in [-0.15, -0.1) is 0 Å². The molecule has 0 amide bonds. The summed E-state index contributed by atoms with van der Waals surface area (Å²) in [5.41, 5.74) is 16.1. The number of hydrogen-bond donors (Lipinski definition) is 0. The Bertz CT molecular complexity index is 2420. The van der Waals surface area contributed by atoms with Gasteiger partial charge in [0.2, 0.25) is 0 Å². The van der Waals surface area contributed by atoms with Crippen LogP contribution in [0.2, 0.25) is 0 Å². The number of anilines is 3. The molecule has 8 aromatic rings. The van der Waals surface area contributed by atoms with E-state index in [1.165, 1.54) is 66.4 Å². The second-order valence-electron chi connectivity index (χ2n) is 13.8. The van der Waals surface area contributed by atoms with Crippen LogP contribution in [-0.2, 0) is 5.41 Å². The SMILES string of the molecule is CC1(C)c2ccc(-c3ccc(-c4ccc(N(c5ccccc5)c5ccccc5)cc4)cc3)cc2-c2c(-c3ccccc3)ccc3cccc1c23. The highest BCUT2D eigenvalue weighted by molar-refractivity contribution is 6.09. The molecule has 1 aliphatic rings. The quantitative estimate of drug-likeness (QED) is 0.175. The molecule has 0 spiro atoms. The Hall–Kier alpha value is -6.18. The normalized spacial score (nSPS) is 12.8. The highest BCUT2D eigenvalue weighted by Gasteiger charge is 2.34. The van der Waals surface area contributed by atoms with Crippen molar-refractivity contribution in [1.82, 2.24) is 0 Å². The maximum atomic E-state index is 2.43. The van der Waals surface area contributed by atoms with Crippen LogP contribution in [0, 0.1) is 0 Å². The zero-order valence-corrected chi connectivity index (χ0v) is 28.3. The number of hydrogen-bond acceptors (Lipinski definition) is 1. The summed E-state index contributed by atoms with van der Waals surface area (Å²) in [6, 6.07) is 68.4. The van der Waals surface area contributed by atoms with Gasteiger partial charge in [-0.1, -0.05) is 159 Å². The van der Waals surface area contributed by atoms with Crippen LogP contribution < -0.4 is 4.90 Å². The van der Waals surface area contributed by atoms with Gasteiger partial charge >= 0.3 is 0 Å². The number of para-hydroxylation sites is 2. The first-order valence-electron chi connectivity index (χ1n) is 17.4. The zero-order chi connectivity index (χ0) is 33.7. The van der Waals surface area contributed by atoms with E-state index in [9.17, 15) is 0 Å². The minimum absolute atomic E-state index is 0.109. The monoisotopic (exact) mass is 639 g/mol. The number of nitrogens with zero attached hydrogens (tertiary/aromatic N) is 1. The standard InChI is InChI=1S/C49H37N/c1-49(2)45-32-28-39(33-44(45)48-43(37-13-6-3-7-14-37)31-27-38-15-12-20-46(49)47(38)48)36-23-21-34(22-24-36)35-25-29-42(30-26-35)50(40-16-8-4-9-17-40)41-18-10-5-11-19-41/h3-33H,1-2H3. The van der Waals surface area contributed by atoms with Gasteiger partial charge in [0.15, 0.2) is 0 Å². The Kier molecular flexibility index (Phi) is 7.21. The number of rotatable bonds is 6. The molecular formula is C49H37N. The largest absolute Gasteiger partial charge is 0.311 e. The van der Waals surface area contributed by atoms with Crippen molar-refractivity contribution in [3.63, 3.8) is 0 Å². The van der Waals surface area contributed by atoms with E-state index in [1.807, 2.05) is 0 Å². The van der Waals surface area contributed by atoms with Crippen LogP contribution in [-0.4, -0.2) is 0 Å². The lowest BCUT2D eigenvalue weighted by Crippen LogP contribution is -2.24. The van der Waals surface area contributed by atoms with E-state index in [-0.39, 0.29) is 5.41 Å². The second-order valence-corrected chi connectivity index (χ2v) is 13.8. The molecule has 0 saturated heterocycles. The molecule has 0 atom stereocenters. The minimum atomic E-state index is -0.109. The molecular weight excluding hydrogens is 603 g/mol. The minimum Gasteiger partial charge on any atom is -0.311 e. The van der Waals surface area contributed by atoms with Crippen LogP contribution in [0.3, 0.4) is 0 Å². The Morgan fingerprint density at radius 3 is 1.50 bits per heavy atom. The maximum Gasteiger partial charge on any atom is 0.0462 e. The Morgan fingerprint density at radius 2 is 0.880 bits per heavy atom. The van der Waals surface area contributed by atoms with Crippen molar-refractivity contribution in [2.45, 2.75) is 19.3 Å². The summed E-state index contributed by atoms with van der Waals surface area (Å²) < 4.78 is 0. The molecule has 1 aliphatic carbocycles. The van der Waals surface area contributed by atoms with Gasteiger partial charge in [0.25, 0.3) is 0 Å². The first kappa shape index (κ1) is 29.9. The summed E-state index contributed by atoms with van der Waals surface area (Å²) in [7, 11) is 0.